The zero-order chi connectivity index (χ0) is 23.5. The fraction of sp³-hybridized carbons (Fsp3) is 0.450. The first-order valence-corrected chi connectivity index (χ1v) is 9.72. The summed E-state index contributed by atoms with van der Waals surface area (Å²) in [6.07, 6.45) is -4.76. The molecule has 1 amide bonds. The van der Waals surface area contributed by atoms with E-state index in [0.717, 1.165) is 24.5 Å². The number of nitriles is 1. The predicted octanol–water partition coefficient (Wildman–Crippen LogP) is 4.49. The third-order valence-corrected chi connectivity index (χ3v) is 5.12. The van der Waals surface area contributed by atoms with Crippen molar-refractivity contribution >= 4 is 11.6 Å². The number of hydrogen-bond acceptors (Lipinski definition) is 4. The molecule has 0 aliphatic heterocycles. The Labute approximate surface area is 179 Å². The molecule has 1 aromatic carbocycles. The second-order valence-corrected chi connectivity index (χ2v) is 7.58. The minimum absolute atomic E-state index is 0.0201. The van der Waals surface area contributed by atoms with Crippen molar-refractivity contribution in [2.45, 2.75) is 56.7 Å². The molecule has 0 atom stereocenters. The molecule has 1 aromatic heterocycles. The van der Waals surface area contributed by atoms with Crippen molar-refractivity contribution in [3.8, 4) is 6.07 Å². The van der Waals surface area contributed by atoms with Crippen LogP contribution in [0.4, 0.5) is 32.0 Å². The highest BCUT2D eigenvalue weighted by atomic mass is 19.4. The van der Waals surface area contributed by atoms with Crippen molar-refractivity contribution in [2.24, 2.45) is 0 Å². The molecule has 1 heterocycles. The van der Waals surface area contributed by atoms with E-state index in [1.807, 2.05) is 0 Å². The Hall–Kier alpha value is -3.23. The van der Waals surface area contributed by atoms with E-state index in [1.165, 1.54) is 12.1 Å². The van der Waals surface area contributed by atoms with Crippen LogP contribution in [0.5, 0.6) is 0 Å². The topological polar surface area (TPSA) is 82.7 Å². The molecule has 0 saturated heterocycles. The number of aromatic nitrogens is 2. The van der Waals surface area contributed by atoms with E-state index >= 15 is 0 Å². The zero-order valence-corrected chi connectivity index (χ0v) is 16.6. The Bertz CT molecular complexity index is 999. The van der Waals surface area contributed by atoms with Gasteiger partial charge in [0.25, 0.3) is 5.91 Å². The summed E-state index contributed by atoms with van der Waals surface area (Å²) in [5, 5.41) is 18.2. The molecule has 0 bridgehead atoms. The van der Waals surface area contributed by atoms with Gasteiger partial charge >= 0.3 is 12.4 Å². The molecule has 32 heavy (non-hydrogen) atoms. The summed E-state index contributed by atoms with van der Waals surface area (Å²) in [5.41, 5.74) is -1.18. The van der Waals surface area contributed by atoms with Crippen molar-refractivity contribution in [1.82, 2.24) is 15.1 Å². The number of anilines is 1. The van der Waals surface area contributed by atoms with Gasteiger partial charge in [0, 0.05) is 24.0 Å². The molecular weight excluding hydrogens is 440 g/mol. The number of hydrogen-bond donors (Lipinski definition) is 2. The van der Waals surface area contributed by atoms with E-state index in [0.29, 0.717) is 30.4 Å². The number of benzene rings is 1. The number of carbonyl (C=O) groups is 1. The number of carbonyl (C=O) groups excluding carboxylic acids is 1. The van der Waals surface area contributed by atoms with E-state index in [-0.39, 0.29) is 23.3 Å². The van der Waals surface area contributed by atoms with Crippen molar-refractivity contribution < 1.29 is 31.1 Å². The van der Waals surface area contributed by atoms with Crippen LogP contribution in [0.3, 0.4) is 0 Å². The smallest absolute Gasteiger partial charge is 0.382 e. The summed E-state index contributed by atoms with van der Waals surface area (Å²) in [6.45, 7) is -1.29. The maximum absolute atomic E-state index is 13.1. The molecule has 1 aliphatic rings. The lowest BCUT2D eigenvalue weighted by molar-refractivity contribution is -0.142. The SMILES string of the molecule is N#Cc1ccc(N[C@H]2CC[C@@H](NC(=O)c3cnn(CC(F)(F)F)c3)CC2)cc1C(F)(F)F. The molecule has 1 fully saturated rings. The van der Waals surface area contributed by atoms with Crippen LogP contribution in [-0.4, -0.2) is 33.9 Å². The molecule has 0 unspecified atom stereocenters. The van der Waals surface area contributed by atoms with E-state index in [2.05, 4.69) is 15.7 Å². The maximum Gasteiger partial charge on any atom is 0.417 e. The number of rotatable bonds is 5. The second-order valence-electron chi connectivity index (χ2n) is 7.58. The molecule has 2 N–H and O–H groups in total. The largest absolute Gasteiger partial charge is 0.417 e. The quantitative estimate of drug-likeness (QED) is 0.646. The zero-order valence-electron chi connectivity index (χ0n) is 16.6. The van der Waals surface area contributed by atoms with Gasteiger partial charge in [-0.05, 0) is 43.9 Å². The van der Waals surface area contributed by atoms with Gasteiger partial charge in [0.05, 0.1) is 29.0 Å². The number of nitrogens with zero attached hydrogens (tertiary/aromatic N) is 3. The van der Waals surface area contributed by atoms with Gasteiger partial charge in [0.15, 0.2) is 0 Å². The van der Waals surface area contributed by atoms with E-state index in [9.17, 15) is 31.1 Å². The first-order chi connectivity index (χ1) is 14.9. The Morgan fingerprint density at radius 1 is 1.12 bits per heavy atom. The first kappa shape index (κ1) is 23.4. The third-order valence-electron chi connectivity index (χ3n) is 5.12. The monoisotopic (exact) mass is 459 g/mol. The van der Waals surface area contributed by atoms with Crippen LogP contribution in [0.2, 0.25) is 0 Å². The number of nitrogens with one attached hydrogen (secondary N) is 2. The van der Waals surface area contributed by atoms with Crippen LogP contribution in [0.25, 0.3) is 0 Å². The van der Waals surface area contributed by atoms with Crippen LogP contribution in [0.15, 0.2) is 30.6 Å². The summed E-state index contributed by atoms with van der Waals surface area (Å²) in [7, 11) is 0. The second kappa shape index (κ2) is 9.10. The molecule has 12 heteroatoms. The van der Waals surface area contributed by atoms with Gasteiger partial charge < -0.3 is 10.6 Å². The Morgan fingerprint density at radius 2 is 1.78 bits per heavy atom. The Kier molecular flexibility index (Phi) is 6.66. The highest BCUT2D eigenvalue weighted by molar-refractivity contribution is 5.93. The van der Waals surface area contributed by atoms with Gasteiger partial charge in [-0.2, -0.15) is 36.7 Å². The number of amides is 1. The minimum atomic E-state index is -4.64. The molecule has 3 rings (SSSR count). The first-order valence-electron chi connectivity index (χ1n) is 9.72. The van der Waals surface area contributed by atoms with E-state index in [4.69, 9.17) is 5.26 Å². The van der Waals surface area contributed by atoms with Crippen molar-refractivity contribution in [3.05, 3.63) is 47.3 Å². The molecule has 0 spiro atoms. The number of alkyl halides is 6. The molecule has 2 aromatic rings. The van der Waals surface area contributed by atoms with E-state index < -0.39 is 35.9 Å². The minimum Gasteiger partial charge on any atom is -0.382 e. The lowest BCUT2D eigenvalue weighted by Crippen LogP contribution is -2.40. The molecule has 1 saturated carbocycles. The summed E-state index contributed by atoms with van der Waals surface area (Å²) in [6, 6.07) is 4.65. The van der Waals surface area contributed by atoms with Crippen LogP contribution in [0.1, 0.15) is 47.2 Å². The lowest BCUT2D eigenvalue weighted by Gasteiger charge is -2.30. The Morgan fingerprint density at radius 3 is 2.38 bits per heavy atom. The van der Waals surface area contributed by atoms with Gasteiger partial charge in [0.2, 0.25) is 0 Å². The van der Waals surface area contributed by atoms with Gasteiger partial charge in [-0.15, -0.1) is 0 Å². The highest BCUT2D eigenvalue weighted by Crippen LogP contribution is 2.34. The van der Waals surface area contributed by atoms with Gasteiger partial charge in [-0.25, -0.2) is 0 Å². The lowest BCUT2D eigenvalue weighted by atomic mass is 9.90. The molecular formula is C20H19F6N5O. The normalized spacial score (nSPS) is 19.3. The Balaban J connectivity index is 1.53. The predicted molar refractivity (Wildman–Crippen MR) is 102 cm³/mol. The summed E-state index contributed by atoms with van der Waals surface area (Å²) in [4.78, 5) is 12.3. The third kappa shape index (κ3) is 6.15. The average molecular weight is 459 g/mol. The fourth-order valence-corrected chi connectivity index (χ4v) is 3.60. The fourth-order valence-electron chi connectivity index (χ4n) is 3.60. The maximum atomic E-state index is 13.1. The molecule has 1 aliphatic carbocycles. The van der Waals surface area contributed by atoms with E-state index in [1.54, 1.807) is 0 Å². The molecule has 0 radical (unpaired) electrons. The van der Waals surface area contributed by atoms with Crippen molar-refractivity contribution in [1.29, 1.82) is 5.26 Å². The van der Waals surface area contributed by atoms with Gasteiger partial charge in [-0.1, -0.05) is 0 Å². The van der Waals surface area contributed by atoms with Crippen LogP contribution in [0, 0.1) is 11.3 Å². The van der Waals surface area contributed by atoms with Crippen LogP contribution < -0.4 is 10.6 Å². The van der Waals surface area contributed by atoms with Crippen LogP contribution in [-0.2, 0) is 12.7 Å². The average Bonchev–Trinajstić information content (AvgIpc) is 3.15. The van der Waals surface area contributed by atoms with Crippen molar-refractivity contribution in [2.75, 3.05) is 5.32 Å². The van der Waals surface area contributed by atoms with Crippen LogP contribution >= 0.6 is 0 Å². The number of halogens is 6. The molecule has 6 nitrogen and oxygen atoms in total. The summed E-state index contributed by atoms with van der Waals surface area (Å²) in [5.74, 6) is -0.531. The van der Waals surface area contributed by atoms with Gasteiger partial charge in [-0.3, -0.25) is 9.48 Å². The standard InChI is InChI=1S/C20H19F6N5O/c21-19(22,23)11-31-10-13(9-28-31)18(32)30-15-5-3-14(4-6-15)29-16-2-1-12(8-27)17(7-16)20(24,25)26/h1-2,7,9-10,14-15,29H,3-6,11H2,(H,30,32)/t14-,15+. The summed E-state index contributed by atoms with van der Waals surface area (Å²) < 4.78 is 77.2. The van der Waals surface area contributed by atoms with Crippen molar-refractivity contribution in [3.63, 3.8) is 0 Å². The van der Waals surface area contributed by atoms with Gasteiger partial charge in [0.1, 0.15) is 6.54 Å². The molecule has 172 valence electrons. The summed E-state index contributed by atoms with van der Waals surface area (Å²) >= 11 is 0. The highest BCUT2D eigenvalue weighted by Gasteiger charge is 2.34.